The number of alkyl halides is 1. The van der Waals surface area contributed by atoms with Crippen LogP contribution in [0.15, 0.2) is 30.3 Å². The Kier molecular flexibility index (Phi) is 3.05. The van der Waals surface area contributed by atoms with Gasteiger partial charge in [-0.1, -0.05) is 30.3 Å². The monoisotopic (exact) mass is 153 g/mol. The van der Waals surface area contributed by atoms with Crippen LogP contribution in [0.2, 0.25) is 0 Å². The van der Waals surface area contributed by atoms with E-state index in [1.165, 1.54) is 0 Å². The average molecular weight is 153 g/mol. The van der Waals surface area contributed by atoms with Crippen molar-refractivity contribution in [1.29, 1.82) is 0 Å². The van der Waals surface area contributed by atoms with Gasteiger partial charge < -0.3 is 5.73 Å². The summed E-state index contributed by atoms with van der Waals surface area (Å²) in [5.74, 6) is 0. The van der Waals surface area contributed by atoms with E-state index in [2.05, 4.69) is 0 Å². The van der Waals surface area contributed by atoms with Crippen molar-refractivity contribution in [2.75, 3.05) is 6.67 Å². The van der Waals surface area contributed by atoms with Gasteiger partial charge in [0.05, 0.1) is 0 Å². The summed E-state index contributed by atoms with van der Waals surface area (Å²) in [4.78, 5) is 0. The predicted octanol–water partition coefficient (Wildman–Crippen LogP) is 1.53. The minimum atomic E-state index is -0.450. The van der Waals surface area contributed by atoms with Gasteiger partial charge in [-0.05, 0) is 12.0 Å². The van der Waals surface area contributed by atoms with Crippen LogP contribution in [0, 0.1) is 0 Å². The summed E-state index contributed by atoms with van der Waals surface area (Å²) < 4.78 is 11.9. The summed E-state index contributed by atoms with van der Waals surface area (Å²) in [5.41, 5.74) is 6.53. The molecule has 1 atom stereocenters. The van der Waals surface area contributed by atoms with Crippen molar-refractivity contribution in [3.05, 3.63) is 35.9 Å². The number of nitrogens with two attached hydrogens (primary N) is 1. The Morgan fingerprint density at radius 3 is 2.45 bits per heavy atom. The summed E-state index contributed by atoms with van der Waals surface area (Å²) in [5, 5.41) is 0. The van der Waals surface area contributed by atoms with E-state index in [9.17, 15) is 4.39 Å². The van der Waals surface area contributed by atoms with E-state index >= 15 is 0 Å². The van der Waals surface area contributed by atoms with E-state index in [0.717, 1.165) is 5.56 Å². The van der Waals surface area contributed by atoms with Gasteiger partial charge in [-0.3, -0.25) is 0 Å². The molecule has 0 aliphatic rings. The fourth-order valence-corrected chi connectivity index (χ4v) is 0.971. The standard InChI is InChI=1S/C9H12FN/c10-7-9(11)6-8-4-2-1-3-5-8/h1-5,9H,6-7,11H2/t9-/m0/s1. The van der Waals surface area contributed by atoms with Gasteiger partial charge in [0, 0.05) is 6.04 Å². The van der Waals surface area contributed by atoms with Gasteiger partial charge in [-0.15, -0.1) is 0 Å². The van der Waals surface area contributed by atoms with Crippen LogP contribution in [0.25, 0.3) is 0 Å². The lowest BCUT2D eigenvalue weighted by atomic mass is 10.1. The molecule has 0 amide bonds. The predicted molar refractivity (Wildman–Crippen MR) is 44.1 cm³/mol. The Bertz CT molecular complexity index is 198. The first-order valence-electron chi connectivity index (χ1n) is 3.68. The topological polar surface area (TPSA) is 26.0 Å². The van der Waals surface area contributed by atoms with Gasteiger partial charge in [0.25, 0.3) is 0 Å². The third kappa shape index (κ3) is 2.68. The summed E-state index contributed by atoms with van der Waals surface area (Å²) in [6.45, 7) is -0.450. The lowest BCUT2D eigenvalue weighted by Crippen LogP contribution is -2.24. The first-order chi connectivity index (χ1) is 5.33. The second kappa shape index (κ2) is 4.09. The molecule has 0 saturated heterocycles. The Morgan fingerprint density at radius 2 is 1.91 bits per heavy atom. The van der Waals surface area contributed by atoms with Gasteiger partial charge in [-0.2, -0.15) is 0 Å². The molecule has 0 fully saturated rings. The van der Waals surface area contributed by atoms with Crippen molar-refractivity contribution in [1.82, 2.24) is 0 Å². The van der Waals surface area contributed by atoms with Crippen molar-refractivity contribution in [2.45, 2.75) is 12.5 Å². The molecule has 1 aromatic carbocycles. The molecule has 2 N–H and O–H groups in total. The average Bonchev–Trinajstić information content (AvgIpc) is 2.06. The molecule has 1 nitrogen and oxygen atoms in total. The van der Waals surface area contributed by atoms with Crippen molar-refractivity contribution in [3.8, 4) is 0 Å². The van der Waals surface area contributed by atoms with Gasteiger partial charge >= 0.3 is 0 Å². The van der Waals surface area contributed by atoms with Gasteiger partial charge in [0.1, 0.15) is 6.67 Å². The van der Waals surface area contributed by atoms with Crippen molar-refractivity contribution < 1.29 is 4.39 Å². The summed E-state index contributed by atoms with van der Waals surface area (Å²) in [6.07, 6.45) is 0.622. The van der Waals surface area contributed by atoms with Crippen LogP contribution in [-0.2, 0) is 6.42 Å². The fourth-order valence-electron chi connectivity index (χ4n) is 0.971. The van der Waals surface area contributed by atoms with Gasteiger partial charge in [-0.25, -0.2) is 4.39 Å². The highest BCUT2D eigenvalue weighted by atomic mass is 19.1. The maximum Gasteiger partial charge on any atom is 0.105 e. The SMILES string of the molecule is N[C@H](CF)Cc1ccccc1. The van der Waals surface area contributed by atoms with Gasteiger partial charge in [0.15, 0.2) is 0 Å². The lowest BCUT2D eigenvalue weighted by molar-refractivity contribution is 0.427. The van der Waals surface area contributed by atoms with Crippen LogP contribution < -0.4 is 5.73 Å². The molecule has 0 heterocycles. The molecule has 0 saturated carbocycles. The molecule has 0 radical (unpaired) electrons. The van der Waals surface area contributed by atoms with E-state index in [0.29, 0.717) is 6.42 Å². The zero-order chi connectivity index (χ0) is 8.10. The third-order valence-corrected chi connectivity index (χ3v) is 1.54. The molecular weight excluding hydrogens is 141 g/mol. The smallest absolute Gasteiger partial charge is 0.105 e. The molecule has 0 spiro atoms. The molecule has 11 heavy (non-hydrogen) atoms. The number of hydrogen-bond donors (Lipinski definition) is 1. The molecule has 1 rings (SSSR count). The Labute approximate surface area is 66.0 Å². The first-order valence-corrected chi connectivity index (χ1v) is 3.68. The van der Waals surface area contributed by atoms with Crippen LogP contribution >= 0.6 is 0 Å². The molecule has 0 aromatic heterocycles. The number of hydrogen-bond acceptors (Lipinski definition) is 1. The van der Waals surface area contributed by atoms with Crippen LogP contribution in [0.5, 0.6) is 0 Å². The van der Waals surface area contributed by atoms with Crippen LogP contribution in [0.4, 0.5) is 4.39 Å². The maximum atomic E-state index is 11.9. The highest BCUT2D eigenvalue weighted by molar-refractivity contribution is 5.15. The highest BCUT2D eigenvalue weighted by Crippen LogP contribution is 2.01. The summed E-state index contributed by atoms with van der Waals surface area (Å²) in [6, 6.07) is 9.35. The zero-order valence-electron chi connectivity index (χ0n) is 6.33. The molecule has 0 aliphatic carbocycles. The second-order valence-electron chi connectivity index (χ2n) is 2.60. The summed E-state index contributed by atoms with van der Waals surface area (Å²) in [7, 11) is 0. The van der Waals surface area contributed by atoms with E-state index in [1.54, 1.807) is 0 Å². The van der Waals surface area contributed by atoms with Crippen molar-refractivity contribution in [2.24, 2.45) is 5.73 Å². The van der Waals surface area contributed by atoms with Crippen LogP contribution in [0.1, 0.15) is 5.56 Å². The van der Waals surface area contributed by atoms with E-state index < -0.39 is 6.67 Å². The molecule has 60 valence electrons. The molecule has 0 unspecified atom stereocenters. The third-order valence-electron chi connectivity index (χ3n) is 1.54. The molecule has 0 aliphatic heterocycles. The first kappa shape index (κ1) is 8.21. The second-order valence-corrected chi connectivity index (χ2v) is 2.60. The van der Waals surface area contributed by atoms with Crippen LogP contribution in [-0.4, -0.2) is 12.7 Å². The van der Waals surface area contributed by atoms with E-state index in [1.807, 2.05) is 30.3 Å². The Balaban J connectivity index is 2.51. The largest absolute Gasteiger partial charge is 0.325 e. The lowest BCUT2D eigenvalue weighted by Gasteiger charge is -2.05. The van der Waals surface area contributed by atoms with Crippen LogP contribution in [0.3, 0.4) is 0 Å². The number of rotatable bonds is 3. The minimum Gasteiger partial charge on any atom is -0.325 e. The molecule has 0 bridgehead atoms. The highest BCUT2D eigenvalue weighted by Gasteiger charge is 2.01. The molecule has 1 aromatic rings. The minimum absolute atomic E-state index is 0.350. The fraction of sp³-hybridized carbons (Fsp3) is 0.333. The zero-order valence-corrected chi connectivity index (χ0v) is 6.33. The summed E-state index contributed by atoms with van der Waals surface area (Å²) >= 11 is 0. The normalized spacial score (nSPS) is 12.9. The van der Waals surface area contributed by atoms with Gasteiger partial charge in [0.2, 0.25) is 0 Å². The quantitative estimate of drug-likeness (QED) is 0.700. The van der Waals surface area contributed by atoms with Crippen molar-refractivity contribution >= 4 is 0 Å². The van der Waals surface area contributed by atoms with E-state index in [4.69, 9.17) is 5.73 Å². The number of benzene rings is 1. The number of halogens is 1. The van der Waals surface area contributed by atoms with Crippen molar-refractivity contribution in [3.63, 3.8) is 0 Å². The molecule has 2 heteroatoms. The Hall–Kier alpha value is -0.890. The van der Waals surface area contributed by atoms with E-state index in [-0.39, 0.29) is 6.04 Å². The Morgan fingerprint density at radius 1 is 1.27 bits per heavy atom. The molecular formula is C9H12FN. The maximum absolute atomic E-state index is 11.9.